The van der Waals surface area contributed by atoms with Crippen molar-refractivity contribution in [2.24, 2.45) is 17.4 Å². The molecule has 0 fully saturated rings. The number of hydrogen-bond donors (Lipinski definition) is 2. The number of pyridine rings is 1. The lowest BCUT2D eigenvalue weighted by atomic mass is 9.91. The van der Waals surface area contributed by atoms with Crippen LogP contribution in [0.25, 0.3) is 22.0 Å². The standard InChI is InChI=1S/C23H27N3O2/c1-14(2)10-21-19(12-24)23(16-6-4-15(3)5-7-16)18-11-17(28-13-22(25)27)8-9-20(18)26-21/h4-9,11,14H,10,12-13,24H2,1-3H3,(H2,25,27). The number of hydrogen-bond acceptors (Lipinski definition) is 4. The van der Waals surface area contributed by atoms with E-state index >= 15 is 0 Å². The third-order valence-corrected chi connectivity index (χ3v) is 4.67. The van der Waals surface area contributed by atoms with Crippen LogP contribution in [0.4, 0.5) is 0 Å². The predicted octanol–water partition coefficient (Wildman–Crippen LogP) is 3.73. The van der Waals surface area contributed by atoms with E-state index in [1.807, 2.05) is 18.2 Å². The number of ether oxygens (including phenoxy) is 1. The van der Waals surface area contributed by atoms with Crippen molar-refractivity contribution in [2.45, 2.75) is 33.7 Å². The molecule has 0 saturated carbocycles. The van der Waals surface area contributed by atoms with Gasteiger partial charge < -0.3 is 16.2 Å². The molecule has 1 amide bonds. The first kappa shape index (κ1) is 19.8. The van der Waals surface area contributed by atoms with Gasteiger partial charge in [-0.05, 0) is 54.2 Å². The molecule has 4 N–H and O–H groups in total. The zero-order chi connectivity index (χ0) is 20.3. The number of carbonyl (C=O) groups is 1. The Hall–Kier alpha value is -2.92. The normalized spacial score (nSPS) is 11.2. The topological polar surface area (TPSA) is 91.2 Å². The van der Waals surface area contributed by atoms with Crippen LogP contribution in [0.3, 0.4) is 0 Å². The molecule has 0 radical (unpaired) electrons. The number of nitrogens with zero attached hydrogens (tertiary/aromatic N) is 1. The van der Waals surface area contributed by atoms with Crippen molar-refractivity contribution in [3.05, 3.63) is 59.3 Å². The summed E-state index contributed by atoms with van der Waals surface area (Å²) in [5, 5.41) is 0.957. The van der Waals surface area contributed by atoms with E-state index in [1.165, 1.54) is 5.56 Å². The third-order valence-electron chi connectivity index (χ3n) is 4.67. The van der Waals surface area contributed by atoms with Gasteiger partial charge in [0.05, 0.1) is 5.52 Å². The minimum absolute atomic E-state index is 0.159. The molecule has 0 aliphatic rings. The Morgan fingerprint density at radius 3 is 2.46 bits per heavy atom. The van der Waals surface area contributed by atoms with Crippen LogP contribution in [0.2, 0.25) is 0 Å². The Morgan fingerprint density at radius 2 is 1.86 bits per heavy atom. The first-order valence-corrected chi connectivity index (χ1v) is 9.52. The van der Waals surface area contributed by atoms with E-state index in [9.17, 15) is 4.79 Å². The van der Waals surface area contributed by atoms with Gasteiger partial charge in [0.25, 0.3) is 5.91 Å². The Labute approximate surface area is 165 Å². The minimum atomic E-state index is -0.507. The maximum atomic E-state index is 11.1. The summed E-state index contributed by atoms with van der Waals surface area (Å²) in [5.41, 5.74) is 17.7. The molecule has 1 heterocycles. The molecule has 0 spiro atoms. The summed E-state index contributed by atoms with van der Waals surface area (Å²) in [7, 11) is 0. The highest BCUT2D eigenvalue weighted by atomic mass is 16.5. The summed E-state index contributed by atoms with van der Waals surface area (Å²) in [6.07, 6.45) is 0.862. The van der Waals surface area contributed by atoms with E-state index in [2.05, 4.69) is 45.0 Å². The number of aromatic nitrogens is 1. The van der Waals surface area contributed by atoms with Gasteiger partial charge in [0.15, 0.2) is 6.61 Å². The highest BCUT2D eigenvalue weighted by Gasteiger charge is 2.17. The molecule has 0 unspecified atom stereocenters. The summed E-state index contributed by atoms with van der Waals surface area (Å²) < 4.78 is 5.52. The number of primary amides is 1. The van der Waals surface area contributed by atoms with Crippen LogP contribution in [-0.2, 0) is 17.8 Å². The van der Waals surface area contributed by atoms with Crippen molar-refractivity contribution < 1.29 is 9.53 Å². The third kappa shape index (κ3) is 4.31. The van der Waals surface area contributed by atoms with Crippen LogP contribution < -0.4 is 16.2 Å². The lowest BCUT2D eigenvalue weighted by molar-refractivity contribution is -0.119. The van der Waals surface area contributed by atoms with Gasteiger partial charge in [-0.2, -0.15) is 0 Å². The highest BCUT2D eigenvalue weighted by Crippen LogP contribution is 2.35. The molecular formula is C23H27N3O2. The van der Waals surface area contributed by atoms with Gasteiger partial charge in [-0.3, -0.25) is 9.78 Å². The fraction of sp³-hybridized carbons (Fsp3) is 0.304. The fourth-order valence-electron chi connectivity index (χ4n) is 3.40. The van der Waals surface area contributed by atoms with Crippen LogP contribution in [0.1, 0.15) is 30.7 Å². The van der Waals surface area contributed by atoms with Crippen molar-refractivity contribution in [3.8, 4) is 16.9 Å². The van der Waals surface area contributed by atoms with Gasteiger partial charge in [-0.25, -0.2) is 0 Å². The molecule has 3 aromatic rings. The lowest BCUT2D eigenvalue weighted by Crippen LogP contribution is -2.20. The number of carbonyl (C=O) groups excluding carboxylic acids is 1. The molecule has 28 heavy (non-hydrogen) atoms. The van der Waals surface area contributed by atoms with E-state index in [0.717, 1.165) is 39.7 Å². The average Bonchev–Trinajstić information content (AvgIpc) is 2.65. The lowest BCUT2D eigenvalue weighted by Gasteiger charge is -2.18. The first-order valence-electron chi connectivity index (χ1n) is 9.52. The molecule has 1 aromatic heterocycles. The number of rotatable bonds is 7. The fourth-order valence-corrected chi connectivity index (χ4v) is 3.40. The molecule has 0 bridgehead atoms. The molecule has 0 saturated heterocycles. The van der Waals surface area contributed by atoms with E-state index in [-0.39, 0.29) is 6.61 Å². The van der Waals surface area contributed by atoms with E-state index < -0.39 is 5.91 Å². The molecule has 0 aliphatic heterocycles. The van der Waals surface area contributed by atoms with Crippen molar-refractivity contribution in [1.29, 1.82) is 0 Å². The minimum Gasteiger partial charge on any atom is -0.484 e. The zero-order valence-electron chi connectivity index (χ0n) is 16.7. The van der Waals surface area contributed by atoms with Crippen molar-refractivity contribution in [3.63, 3.8) is 0 Å². The molecule has 146 valence electrons. The monoisotopic (exact) mass is 377 g/mol. The van der Waals surface area contributed by atoms with E-state index in [1.54, 1.807) is 0 Å². The van der Waals surface area contributed by atoms with Gasteiger partial charge >= 0.3 is 0 Å². The van der Waals surface area contributed by atoms with Crippen LogP contribution in [0.5, 0.6) is 5.75 Å². The summed E-state index contributed by atoms with van der Waals surface area (Å²) in [6.45, 7) is 6.67. The van der Waals surface area contributed by atoms with Crippen LogP contribution in [0.15, 0.2) is 42.5 Å². The second kappa shape index (κ2) is 8.40. The van der Waals surface area contributed by atoms with Crippen LogP contribution >= 0.6 is 0 Å². The van der Waals surface area contributed by atoms with Crippen molar-refractivity contribution in [2.75, 3.05) is 6.61 Å². The SMILES string of the molecule is Cc1ccc(-c2c(CN)c(CC(C)C)nc3ccc(OCC(N)=O)cc23)cc1. The Balaban J connectivity index is 2.26. The maximum absolute atomic E-state index is 11.1. The molecular weight excluding hydrogens is 350 g/mol. The van der Waals surface area contributed by atoms with Crippen molar-refractivity contribution in [1.82, 2.24) is 4.98 Å². The Morgan fingerprint density at radius 1 is 1.14 bits per heavy atom. The van der Waals surface area contributed by atoms with Gasteiger partial charge in [-0.15, -0.1) is 0 Å². The molecule has 5 heteroatoms. The van der Waals surface area contributed by atoms with Gasteiger partial charge in [0.1, 0.15) is 5.75 Å². The van der Waals surface area contributed by atoms with Gasteiger partial charge in [0.2, 0.25) is 0 Å². The van der Waals surface area contributed by atoms with Crippen molar-refractivity contribution >= 4 is 16.8 Å². The Kier molecular flexibility index (Phi) is 5.95. The number of aryl methyl sites for hydroxylation is 1. The smallest absolute Gasteiger partial charge is 0.255 e. The first-order chi connectivity index (χ1) is 13.4. The number of nitrogens with two attached hydrogens (primary N) is 2. The molecule has 2 aromatic carbocycles. The second-order valence-corrected chi connectivity index (χ2v) is 7.51. The van der Waals surface area contributed by atoms with E-state index in [4.69, 9.17) is 21.2 Å². The summed E-state index contributed by atoms with van der Waals surface area (Å²) in [5.74, 6) is 0.548. The second-order valence-electron chi connectivity index (χ2n) is 7.51. The van der Waals surface area contributed by atoms with Crippen LogP contribution in [0, 0.1) is 12.8 Å². The average molecular weight is 377 g/mol. The molecule has 3 rings (SSSR count). The number of fused-ring (bicyclic) bond motifs is 1. The quantitative estimate of drug-likeness (QED) is 0.656. The van der Waals surface area contributed by atoms with Gasteiger partial charge in [0, 0.05) is 17.6 Å². The molecule has 0 aliphatic carbocycles. The highest BCUT2D eigenvalue weighted by molar-refractivity contribution is 5.97. The summed E-state index contributed by atoms with van der Waals surface area (Å²) in [4.78, 5) is 16.0. The summed E-state index contributed by atoms with van der Waals surface area (Å²) >= 11 is 0. The molecule has 0 atom stereocenters. The zero-order valence-corrected chi connectivity index (χ0v) is 16.7. The summed E-state index contributed by atoms with van der Waals surface area (Å²) in [6, 6.07) is 14.1. The Bertz CT molecular complexity index is 995. The predicted molar refractivity (Wildman–Crippen MR) is 113 cm³/mol. The van der Waals surface area contributed by atoms with Crippen LogP contribution in [-0.4, -0.2) is 17.5 Å². The van der Waals surface area contributed by atoms with E-state index in [0.29, 0.717) is 18.2 Å². The largest absolute Gasteiger partial charge is 0.484 e. The number of benzene rings is 2. The molecule has 5 nitrogen and oxygen atoms in total. The number of amides is 1. The van der Waals surface area contributed by atoms with Gasteiger partial charge in [-0.1, -0.05) is 43.7 Å². The maximum Gasteiger partial charge on any atom is 0.255 e.